The van der Waals surface area contributed by atoms with Gasteiger partial charge in [0.15, 0.2) is 5.78 Å². The minimum atomic E-state index is -4.67. The van der Waals surface area contributed by atoms with Crippen LogP contribution in [0.25, 0.3) is 0 Å². The van der Waals surface area contributed by atoms with Crippen molar-refractivity contribution >= 4 is 17.4 Å². The largest absolute Gasteiger partial charge is 0.418 e. The third-order valence-electron chi connectivity index (χ3n) is 7.03. The lowest BCUT2D eigenvalue weighted by molar-refractivity contribution is -0.137. The molecule has 0 bridgehead atoms. The molecule has 2 atom stereocenters. The fourth-order valence-electron chi connectivity index (χ4n) is 5.32. The van der Waals surface area contributed by atoms with Gasteiger partial charge in [-0.2, -0.15) is 13.2 Å². The standard InChI is InChI=1S/C30H24F4N2O2/c1-17-26(29(38)36-23-10-6-5-9-22(23)30(32,33)34)27(19-11-13-21(31)14-12-19)28-24(35-17)15-20(16-25(28)37)18-7-3-2-4-8-18/h2-14,20,27,35H,15-16H2,1H3,(H,36,38)/t20-,27-/m0/s1. The molecule has 38 heavy (non-hydrogen) atoms. The summed E-state index contributed by atoms with van der Waals surface area (Å²) in [6.07, 6.45) is -3.94. The van der Waals surface area contributed by atoms with E-state index in [1.165, 1.54) is 42.5 Å². The van der Waals surface area contributed by atoms with Gasteiger partial charge in [-0.05, 0) is 54.7 Å². The number of hydrogen-bond acceptors (Lipinski definition) is 3. The summed E-state index contributed by atoms with van der Waals surface area (Å²) in [6.45, 7) is 1.65. The lowest BCUT2D eigenvalue weighted by Gasteiger charge is -2.37. The van der Waals surface area contributed by atoms with Gasteiger partial charge in [0, 0.05) is 34.9 Å². The second-order valence-electron chi connectivity index (χ2n) is 9.48. The summed E-state index contributed by atoms with van der Waals surface area (Å²) in [6, 6.07) is 19.8. The van der Waals surface area contributed by atoms with Gasteiger partial charge in [0.05, 0.1) is 11.3 Å². The molecule has 3 aromatic rings. The minimum absolute atomic E-state index is 0.0642. The van der Waals surface area contributed by atoms with Crippen LogP contribution in [0, 0.1) is 5.82 Å². The molecule has 0 saturated carbocycles. The topological polar surface area (TPSA) is 58.2 Å². The molecule has 1 aliphatic carbocycles. The Morgan fingerprint density at radius 3 is 2.24 bits per heavy atom. The summed E-state index contributed by atoms with van der Waals surface area (Å²) in [5.74, 6) is -2.36. The molecule has 0 radical (unpaired) electrons. The van der Waals surface area contributed by atoms with E-state index in [1.54, 1.807) is 6.92 Å². The summed E-state index contributed by atoms with van der Waals surface area (Å²) in [4.78, 5) is 27.2. The number of halogens is 4. The summed E-state index contributed by atoms with van der Waals surface area (Å²) in [5.41, 5.74) is 1.72. The molecule has 2 N–H and O–H groups in total. The maximum atomic E-state index is 13.8. The number of carbonyl (C=O) groups is 2. The maximum Gasteiger partial charge on any atom is 0.418 e. The van der Waals surface area contributed by atoms with Gasteiger partial charge >= 0.3 is 6.18 Å². The van der Waals surface area contributed by atoms with Crippen LogP contribution in [-0.2, 0) is 15.8 Å². The number of allylic oxidation sites excluding steroid dienone is 3. The zero-order valence-corrected chi connectivity index (χ0v) is 20.4. The molecule has 0 saturated heterocycles. The van der Waals surface area contributed by atoms with Gasteiger partial charge in [-0.1, -0.05) is 54.6 Å². The summed E-state index contributed by atoms with van der Waals surface area (Å²) in [7, 11) is 0. The van der Waals surface area contributed by atoms with Crippen molar-refractivity contribution < 1.29 is 27.2 Å². The predicted octanol–water partition coefficient (Wildman–Crippen LogP) is 6.84. The molecule has 0 unspecified atom stereocenters. The average Bonchev–Trinajstić information content (AvgIpc) is 2.88. The highest BCUT2D eigenvalue weighted by molar-refractivity contribution is 6.10. The molecule has 1 amide bonds. The number of nitrogens with one attached hydrogen (secondary N) is 2. The van der Waals surface area contributed by atoms with Crippen molar-refractivity contribution in [2.45, 2.75) is 37.8 Å². The summed E-state index contributed by atoms with van der Waals surface area (Å²) >= 11 is 0. The van der Waals surface area contributed by atoms with E-state index in [2.05, 4.69) is 10.6 Å². The highest BCUT2D eigenvalue weighted by Crippen LogP contribution is 2.46. The number of dihydropyridines is 1. The molecular weight excluding hydrogens is 496 g/mol. The van der Waals surface area contributed by atoms with E-state index in [9.17, 15) is 27.2 Å². The molecule has 1 heterocycles. The van der Waals surface area contributed by atoms with E-state index in [0.29, 0.717) is 29.0 Å². The Hall–Kier alpha value is -4.20. The Morgan fingerprint density at radius 1 is 0.895 bits per heavy atom. The Morgan fingerprint density at radius 2 is 1.55 bits per heavy atom. The third kappa shape index (κ3) is 4.86. The molecule has 0 fully saturated rings. The smallest absolute Gasteiger partial charge is 0.362 e. The van der Waals surface area contributed by atoms with Crippen molar-refractivity contribution in [2.75, 3.05) is 5.32 Å². The lowest BCUT2D eigenvalue weighted by atomic mass is 9.71. The molecule has 194 valence electrons. The predicted molar refractivity (Wildman–Crippen MR) is 136 cm³/mol. The van der Waals surface area contributed by atoms with E-state index < -0.39 is 29.4 Å². The van der Waals surface area contributed by atoms with Crippen LogP contribution in [0.2, 0.25) is 0 Å². The molecule has 1 aliphatic heterocycles. The molecule has 3 aromatic carbocycles. The molecule has 5 rings (SSSR count). The van der Waals surface area contributed by atoms with Crippen LogP contribution in [0.1, 0.15) is 48.3 Å². The number of alkyl halides is 3. The Labute approximate surface area is 217 Å². The molecule has 0 aromatic heterocycles. The van der Waals surface area contributed by atoms with Crippen LogP contribution in [0.3, 0.4) is 0 Å². The van der Waals surface area contributed by atoms with Gasteiger partial charge < -0.3 is 10.6 Å². The zero-order valence-electron chi connectivity index (χ0n) is 20.4. The number of Topliss-reactive ketones (excluding diaryl/α,β-unsaturated/α-hetero) is 1. The Bertz CT molecular complexity index is 1460. The first-order valence-corrected chi connectivity index (χ1v) is 12.2. The summed E-state index contributed by atoms with van der Waals surface area (Å²) in [5, 5.41) is 5.61. The number of benzene rings is 3. The monoisotopic (exact) mass is 520 g/mol. The van der Waals surface area contributed by atoms with Crippen molar-refractivity contribution in [3.63, 3.8) is 0 Å². The molecule has 0 spiro atoms. The first-order valence-electron chi connectivity index (χ1n) is 12.2. The highest BCUT2D eigenvalue weighted by Gasteiger charge is 2.41. The van der Waals surface area contributed by atoms with Crippen LogP contribution in [0.4, 0.5) is 23.2 Å². The number of carbonyl (C=O) groups excluding carboxylic acids is 2. The summed E-state index contributed by atoms with van der Waals surface area (Å²) < 4.78 is 54.5. The third-order valence-corrected chi connectivity index (χ3v) is 7.03. The highest BCUT2D eigenvalue weighted by atomic mass is 19.4. The quantitative estimate of drug-likeness (QED) is 0.370. The van der Waals surface area contributed by atoms with E-state index in [-0.39, 0.29) is 29.4 Å². The molecular formula is C30H24F4N2O2. The number of anilines is 1. The second-order valence-corrected chi connectivity index (χ2v) is 9.48. The van der Waals surface area contributed by atoms with Crippen LogP contribution in [-0.4, -0.2) is 11.7 Å². The van der Waals surface area contributed by atoms with E-state index in [1.807, 2.05) is 30.3 Å². The van der Waals surface area contributed by atoms with E-state index in [0.717, 1.165) is 11.6 Å². The van der Waals surface area contributed by atoms with Crippen molar-refractivity contribution in [3.8, 4) is 0 Å². The van der Waals surface area contributed by atoms with Gasteiger partial charge in [0.1, 0.15) is 5.82 Å². The first kappa shape index (κ1) is 25.4. The molecule has 2 aliphatic rings. The molecule has 4 nitrogen and oxygen atoms in total. The number of ketones is 1. The van der Waals surface area contributed by atoms with Crippen molar-refractivity contribution in [2.24, 2.45) is 0 Å². The van der Waals surface area contributed by atoms with Gasteiger partial charge in [0.25, 0.3) is 5.91 Å². The van der Waals surface area contributed by atoms with Gasteiger partial charge in [-0.25, -0.2) is 4.39 Å². The first-order chi connectivity index (χ1) is 18.1. The van der Waals surface area contributed by atoms with Crippen LogP contribution >= 0.6 is 0 Å². The molecule has 8 heteroatoms. The van der Waals surface area contributed by atoms with Gasteiger partial charge in [0.2, 0.25) is 0 Å². The zero-order chi connectivity index (χ0) is 27.0. The van der Waals surface area contributed by atoms with Crippen LogP contribution in [0.15, 0.2) is 101 Å². The second kappa shape index (κ2) is 9.93. The van der Waals surface area contributed by atoms with Crippen LogP contribution in [0.5, 0.6) is 0 Å². The lowest BCUT2D eigenvalue weighted by Crippen LogP contribution is -2.37. The van der Waals surface area contributed by atoms with Gasteiger partial charge in [-0.15, -0.1) is 0 Å². The average molecular weight is 521 g/mol. The number of hydrogen-bond donors (Lipinski definition) is 2. The SMILES string of the molecule is CC1=C(C(=O)Nc2ccccc2C(F)(F)F)[C@H](c2ccc(F)cc2)C2=C(C[C@H](c3ccccc3)CC2=O)N1. The maximum absolute atomic E-state index is 13.8. The fraction of sp³-hybridized carbons (Fsp3) is 0.200. The normalized spacial score (nSPS) is 19.7. The van der Waals surface area contributed by atoms with Crippen molar-refractivity contribution in [3.05, 3.63) is 124 Å². The fourth-order valence-corrected chi connectivity index (χ4v) is 5.32. The van der Waals surface area contributed by atoms with E-state index >= 15 is 0 Å². The van der Waals surface area contributed by atoms with Gasteiger partial charge in [-0.3, -0.25) is 9.59 Å². The van der Waals surface area contributed by atoms with Crippen molar-refractivity contribution in [1.82, 2.24) is 5.32 Å². The number of amides is 1. The number of para-hydroxylation sites is 1. The Balaban J connectivity index is 1.57. The minimum Gasteiger partial charge on any atom is -0.362 e. The Kier molecular flexibility index (Phi) is 6.65. The van der Waals surface area contributed by atoms with Crippen molar-refractivity contribution in [1.29, 1.82) is 0 Å². The van der Waals surface area contributed by atoms with Crippen LogP contribution < -0.4 is 10.6 Å². The van der Waals surface area contributed by atoms with E-state index in [4.69, 9.17) is 0 Å². The number of rotatable bonds is 4.